The molecule has 10 heteroatoms. The predicted octanol–water partition coefficient (Wildman–Crippen LogP) is 7.70. The number of carbonyl (C=O) groups is 1. The minimum Gasteiger partial charge on any atom is -0.457 e. The van der Waals surface area contributed by atoms with Crippen LogP contribution < -0.4 is 10.1 Å². The molecule has 0 saturated heterocycles. The van der Waals surface area contributed by atoms with Gasteiger partial charge in [-0.15, -0.1) is 0 Å². The van der Waals surface area contributed by atoms with Gasteiger partial charge in [-0.1, -0.05) is 81.7 Å². The second-order valence-corrected chi connectivity index (χ2v) is 9.74. The van der Waals surface area contributed by atoms with Crippen LogP contribution in [0.3, 0.4) is 0 Å². The largest absolute Gasteiger partial charge is 0.457 e. The van der Waals surface area contributed by atoms with Crippen molar-refractivity contribution >= 4 is 81.4 Å². The van der Waals surface area contributed by atoms with Crippen molar-refractivity contribution in [1.29, 1.82) is 0 Å². The number of hydrogen-bond donors (Lipinski definition) is 1. The lowest BCUT2D eigenvalue weighted by atomic mass is 10.2. The maximum Gasteiger partial charge on any atom is 0.411 e. The minimum atomic E-state index is -1.81. The van der Waals surface area contributed by atoms with Gasteiger partial charge in [0.1, 0.15) is 11.5 Å². The summed E-state index contributed by atoms with van der Waals surface area (Å²) in [5.74, 6) is 0.631. The van der Waals surface area contributed by atoms with Gasteiger partial charge in [-0.2, -0.15) is 0 Å². The van der Waals surface area contributed by atoms with Gasteiger partial charge in [0, 0.05) is 16.8 Å². The van der Waals surface area contributed by atoms with Gasteiger partial charge in [-0.05, 0) is 37.3 Å². The summed E-state index contributed by atoms with van der Waals surface area (Å²) in [4.78, 5) is 11.6. The van der Waals surface area contributed by atoms with Crippen LogP contribution in [0, 0.1) is 0 Å². The van der Waals surface area contributed by atoms with Crippen molar-refractivity contribution in [2.75, 3.05) is 11.9 Å². The minimum absolute atomic E-state index is 0.209. The molecule has 0 aliphatic carbocycles. The Bertz CT molecular complexity index is 817. The van der Waals surface area contributed by atoms with Crippen LogP contribution in [0.1, 0.15) is 18.1 Å². The SMILES string of the molecule is CCOC(=O)Nc1ccc(Oc2cccc(C(Cl)(Cl)Cl)c2)c(C(Cl)(Cl)Cl)c1. The third kappa shape index (κ3) is 6.67. The summed E-state index contributed by atoms with van der Waals surface area (Å²) < 4.78 is 7.21. The number of benzene rings is 2. The molecule has 146 valence electrons. The quantitative estimate of drug-likeness (QED) is 0.446. The van der Waals surface area contributed by atoms with E-state index in [9.17, 15) is 4.79 Å². The van der Waals surface area contributed by atoms with Crippen LogP contribution in [0.2, 0.25) is 0 Å². The number of nitrogens with one attached hydrogen (secondary N) is 1. The number of alkyl halides is 6. The lowest BCUT2D eigenvalue weighted by Crippen LogP contribution is -2.14. The molecule has 1 amide bonds. The van der Waals surface area contributed by atoms with Crippen molar-refractivity contribution in [3.8, 4) is 11.5 Å². The topological polar surface area (TPSA) is 47.6 Å². The number of amides is 1. The fraction of sp³-hybridized carbons (Fsp3) is 0.235. The monoisotopic (exact) mass is 489 g/mol. The second kappa shape index (κ2) is 9.17. The van der Waals surface area contributed by atoms with E-state index in [-0.39, 0.29) is 17.9 Å². The fourth-order valence-corrected chi connectivity index (χ4v) is 2.86. The van der Waals surface area contributed by atoms with Gasteiger partial charge in [-0.25, -0.2) is 4.79 Å². The average molecular weight is 492 g/mol. The molecule has 0 aromatic heterocycles. The molecule has 0 unspecified atom stereocenters. The standard InChI is InChI=1S/C17H13Cl6NO3/c1-2-26-15(25)24-11-6-7-14(13(9-11)17(21,22)23)27-12-5-3-4-10(8-12)16(18,19)20/h3-9H,2H2,1H3,(H,24,25). The Morgan fingerprint density at radius 2 is 1.70 bits per heavy atom. The molecule has 27 heavy (non-hydrogen) atoms. The normalized spacial score (nSPS) is 11.8. The molecular formula is C17H13Cl6NO3. The molecule has 0 bridgehead atoms. The second-order valence-electron chi connectivity index (χ2n) is 5.18. The number of ether oxygens (including phenoxy) is 2. The van der Waals surface area contributed by atoms with E-state index in [4.69, 9.17) is 79.1 Å². The van der Waals surface area contributed by atoms with Gasteiger partial charge < -0.3 is 9.47 Å². The van der Waals surface area contributed by atoms with Gasteiger partial charge in [0.2, 0.25) is 7.59 Å². The van der Waals surface area contributed by atoms with Crippen molar-refractivity contribution in [1.82, 2.24) is 0 Å². The third-order valence-electron chi connectivity index (χ3n) is 3.20. The van der Waals surface area contributed by atoms with Crippen LogP contribution in [0.4, 0.5) is 10.5 Å². The lowest BCUT2D eigenvalue weighted by Gasteiger charge is -2.19. The molecular weight excluding hydrogens is 479 g/mol. The Balaban J connectivity index is 2.35. The molecule has 0 aliphatic rings. The molecule has 1 N–H and O–H groups in total. The summed E-state index contributed by atoms with van der Waals surface area (Å²) in [6.07, 6.45) is -0.628. The van der Waals surface area contributed by atoms with Crippen molar-refractivity contribution < 1.29 is 14.3 Å². The molecule has 0 saturated carbocycles. The number of hydrogen-bond acceptors (Lipinski definition) is 3. The van der Waals surface area contributed by atoms with Crippen LogP contribution in [-0.2, 0) is 12.3 Å². The highest BCUT2D eigenvalue weighted by Crippen LogP contribution is 2.46. The number of rotatable bonds is 4. The Labute approximate surface area is 186 Å². The van der Waals surface area contributed by atoms with Crippen molar-refractivity contribution in [3.63, 3.8) is 0 Å². The summed E-state index contributed by atoms with van der Waals surface area (Å²) in [5, 5.41) is 2.53. The van der Waals surface area contributed by atoms with E-state index in [2.05, 4.69) is 5.32 Å². The first kappa shape index (κ1) is 22.5. The average Bonchev–Trinajstić information content (AvgIpc) is 2.55. The van der Waals surface area contributed by atoms with Crippen molar-refractivity contribution in [2.45, 2.75) is 14.5 Å². The van der Waals surface area contributed by atoms with Gasteiger partial charge in [0.25, 0.3) is 0 Å². The first-order valence-electron chi connectivity index (χ1n) is 7.51. The number of carbonyl (C=O) groups excluding carboxylic acids is 1. The van der Waals surface area contributed by atoms with E-state index in [1.165, 1.54) is 6.07 Å². The molecule has 0 aliphatic heterocycles. The summed E-state index contributed by atoms with van der Waals surface area (Å²) >= 11 is 35.8. The zero-order valence-electron chi connectivity index (χ0n) is 13.7. The highest BCUT2D eigenvalue weighted by Gasteiger charge is 2.29. The third-order valence-corrected chi connectivity index (χ3v) is 4.46. The molecule has 0 heterocycles. The van der Waals surface area contributed by atoms with Crippen LogP contribution in [0.25, 0.3) is 0 Å². The van der Waals surface area contributed by atoms with E-state index >= 15 is 0 Å². The van der Waals surface area contributed by atoms with Crippen LogP contribution >= 0.6 is 69.6 Å². The maximum atomic E-state index is 11.6. The highest BCUT2D eigenvalue weighted by molar-refractivity contribution is 6.67. The summed E-state index contributed by atoms with van der Waals surface area (Å²) in [6, 6.07) is 11.1. The Kier molecular flexibility index (Phi) is 7.65. The molecule has 0 atom stereocenters. The molecule has 4 nitrogen and oxygen atoms in total. The van der Waals surface area contributed by atoms with E-state index in [0.29, 0.717) is 17.0 Å². The van der Waals surface area contributed by atoms with Crippen LogP contribution in [0.5, 0.6) is 11.5 Å². The summed E-state index contributed by atoms with van der Waals surface area (Å²) in [5.41, 5.74) is 0.999. The highest BCUT2D eigenvalue weighted by atomic mass is 35.6. The smallest absolute Gasteiger partial charge is 0.411 e. The molecule has 0 radical (unpaired) electrons. The van der Waals surface area contributed by atoms with Crippen LogP contribution in [-0.4, -0.2) is 12.7 Å². The predicted molar refractivity (Wildman–Crippen MR) is 112 cm³/mol. The van der Waals surface area contributed by atoms with Crippen molar-refractivity contribution in [2.24, 2.45) is 0 Å². The van der Waals surface area contributed by atoms with Gasteiger partial charge in [0.05, 0.1) is 6.61 Å². The van der Waals surface area contributed by atoms with Crippen LogP contribution in [0.15, 0.2) is 42.5 Å². The van der Waals surface area contributed by atoms with E-state index in [1.54, 1.807) is 43.3 Å². The van der Waals surface area contributed by atoms with E-state index in [1.807, 2.05) is 0 Å². The van der Waals surface area contributed by atoms with E-state index < -0.39 is 13.7 Å². The molecule has 2 aromatic rings. The Morgan fingerprint density at radius 1 is 1.00 bits per heavy atom. The molecule has 0 spiro atoms. The van der Waals surface area contributed by atoms with Gasteiger partial charge >= 0.3 is 6.09 Å². The summed E-state index contributed by atoms with van der Waals surface area (Å²) in [7, 11) is 0. The fourth-order valence-electron chi connectivity index (χ4n) is 2.07. The zero-order valence-corrected chi connectivity index (χ0v) is 18.3. The number of anilines is 1. The van der Waals surface area contributed by atoms with Crippen molar-refractivity contribution in [3.05, 3.63) is 53.6 Å². The summed E-state index contributed by atoms with van der Waals surface area (Å²) in [6.45, 7) is 1.92. The first-order valence-corrected chi connectivity index (χ1v) is 9.77. The molecule has 2 aromatic carbocycles. The maximum absolute atomic E-state index is 11.6. The Hall–Kier alpha value is -0.750. The molecule has 2 rings (SSSR count). The number of halogens is 6. The Morgan fingerprint density at radius 3 is 2.30 bits per heavy atom. The lowest BCUT2D eigenvalue weighted by molar-refractivity contribution is 0.168. The first-order chi connectivity index (χ1) is 12.5. The molecule has 0 fully saturated rings. The van der Waals surface area contributed by atoms with Gasteiger partial charge in [-0.3, -0.25) is 5.32 Å². The zero-order chi connectivity index (χ0) is 20.2. The van der Waals surface area contributed by atoms with E-state index in [0.717, 1.165) is 0 Å². The van der Waals surface area contributed by atoms with Gasteiger partial charge in [0.15, 0.2) is 0 Å².